The van der Waals surface area contributed by atoms with Crippen LogP contribution in [0.4, 0.5) is 5.82 Å². The lowest BCUT2D eigenvalue weighted by atomic mass is 10.4. The molecular weight excluding hydrogens is 250 g/mol. The molecule has 0 saturated heterocycles. The van der Waals surface area contributed by atoms with Crippen LogP contribution in [0.5, 0.6) is 0 Å². The van der Waals surface area contributed by atoms with Crippen LogP contribution in [0, 0.1) is 0 Å². The Morgan fingerprint density at radius 1 is 1.21 bits per heavy atom. The molecule has 19 heavy (non-hydrogen) atoms. The van der Waals surface area contributed by atoms with Crippen molar-refractivity contribution in [2.24, 2.45) is 0 Å². The van der Waals surface area contributed by atoms with Crippen LogP contribution in [-0.2, 0) is 15.9 Å². The molecule has 0 aliphatic heterocycles. The van der Waals surface area contributed by atoms with Crippen molar-refractivity contribution in [3.8, 4) is 11.6 Å². The lowest BCUT2D eigenvalue weighted by molar-refractivity contribution is 0.0714. The van der Waals surface area contributed by atoms with E-state index in [0.717, 1.165) is 0 Å². The molecule has 102 valence electrons. The van der Waals surface area contributed by atoms with Crippen LogP contribution >= 0.6 is 0 Å². The predicted molar refractivity (Wildman–Crippen MR) is 66.1 cm³/mol. The molecule has 2 heterocycles. The normalized spacial score (nSPS) is 10.8. The van der Waals surface area contributed by atoms with Gasteiger partial charge in [-0.25, -0.2) is 9.97 Å². The van der Waals surface area contributed by atoms with Crippen LogP contribution in [0.2, 0.25) is 0 Å². The number of nitrogens with zero attached hydrogens (tertiary/aromatic N) is 4. The summed E-state index contributed by atoms with van der Waals surface area (Å²) in [6, 6.07) is 0. The molecule has 2 rings (SSSR count). The quantitative estimate of drug-likeness (QED) is 0.712. The monoisotopic (exact) mass is 265 g/mol. The third-order valence-corrected chi connectivity index (χ3v) is 2.30. The first-order chi connectivity index (χ1) is 9.31. The molecule has 0 aromatic carbocycles. The van der Waals surface area contributed by atoms with Crippen molar-refractivity contribution in [3.05, 3.63) is 18.2 Å². The second kappa shape index (κ2) is 6.76. The van der Waals surface area contributed by atoms with Gasteiger partial charge in [0, 0.05) is 25.9 Å². The van der Waals surface area contributed by atoms with Gasteiger partial charge in [0.25, 0.3) is 5.89 Å². The van der Waals surface area contributed by atoms with E-state index in [9.17, 15) is 0 Å². The summed E-state index contributed by atoms with van der Waals surface area (Å²) >= 11 is 0. The van der Waals surface area contributed by atoms with E-state index in [2.05, 4.69) is 20.1 Å². The van der Waals surface area contributed by atoms with Gasteiger partial charge in [-0.05, 0) is 0 Å². The number of hydrogen-bond donors (Lipinski definition) is 1. The van der Waals surface area contributed by atoms with Crippen LogP contribution in [0.25, 0.3) is 11.6 Å². The standard InChI is InChI=1S/C11H15N5O3/c1-17-6-7-18-5-2-8-15-11(19-16-8)9-10(12)14-4-3-13-9/h3-4H,2,5-7H2,1H3,(H2,12,14). The number of anilines is 1. The first-order valence-corrected chi connectivity index (χ1v) is 5.77. The van der Waals surface area contributed by atoms with Crippen molar-refractivity contribution in [2.45, 2.75) is 6.42 Å². The average molecular weight is 265 g/mol. The number of aromatic nitrogens is 4. The predicted octanol–water partition coefficient (Wildman–Crippen LogP) is 0.314. The number of hydrogen-bond acceptors (Lipinski definition) is 8. The minimum atomic E-state index is 0.258. The van der Waals surface area contributed by atoms with Gasteiger partial charge < -0.3 is 19.7 Å². The summed E-state index contributed by atoms with van der Waals surface area (Å²) in [7, 11) is 1.63. The Morgan fingerprint density at radius 2 is 2.05 bits per heavy atom. The Kier molecular flexibility index (Phi) is 4.76. The summed E-state index contributed by atoms with van der Waals surface area (Å²) < 4.78 is 15.3. The van der Waals surface area contributed by atoms with Crippen molar-refractivity contribution in [2.75, 3.05) is 32.7 Å². The zero-order valence-electron chi connectivity index (χ0n) is 10.6. The maximum Gasteiger partial charge on any atom is 0.280 e. The maximum atomic E-state index is 5.68. The molecule has 0 spiro atoms. The molecular formula is C11H15N5O3. The van der Waals surface area contributed by atoms with E-state index in [4.69, 9.17) is 19.7 Å². The number of ether oxygens (including phenoxy) is 2. The largest absolute Gasteiger partial charge is 0.382 e. The summed E-state index contributed by atoms with van der Waals surface area (Å²) in [5, 5.41) is 3.83. The van der Waals surface area contributed by atoms with Crippen LogP contribution in [0.15, 0.2) is 16.9 Å². The van der Waals surface area contributed by atoms with Gasteiger partial charge in [0.1, 0.15) is 0 Å². The fourth-order valence-electron chi connectivity index (χ4n) is 1.37. The van der Waals surface area contributed by atoms with Crippen molar-refractivity contribution >= 4 is 5.82 Å². The number of nitrogens with two attached hydrogens (primary N) is 1. The van der Waals surface area contributed by atoms with Gasteiger partial charge in [-0.3, -0.25) is 0 Å². The highest BCUT2D eigenvalue weighted by molar-refractivity contribution is 5.61. The van der Waals surface area contributed by atoms with Crippen LogP contribution in [-0.4, -0.2) is 47.0 Å². The van der Waals surface area contributed by atoms with E-state index in [0.29, 0.717) is 37.8 Å². The second-order valence-electron chi connectivity index (χ2n) is 3.66. The van der Waals surface area contributed by atoms with Gasteiger partial charge in [0.15, 0.2) is 17.3 Å². The van der Waals surface area contributed by atoms with E-state index in [-0.39, 0.29) is 11.7 Å². The Morgan fingerprint density at radius 3 is 2.84 bits per heavy atom. The van der Waals surface area contributed by atoms with Crippen LogP contribution in [0.1, 0.15) is 5.82 Å². The van der Waals surface area contributed by atoms with Crippen molar-refractivity contribution < 1.29 is 14.0 Å². The molecule has 0 fully saturated rings. The summed E-state index contributed by atoms with van der Waals surface area (Å²) in [5.41, 5.74) is 6.07. The van der Waals surface area contributed by atoms with Gasteiger partial charge in [0.2, 0.25) is 0 Å². The van der Waals surface area contributed by atoms with Gasteiger partial charge >= 0.3 is 0 Å². The molecule has 0 radical (unpaired) electrons. The molecule has 2 N–H and O–H groups in total. The van der Waals surface area contributed by atoms with Gasteiger partial charge in [-0.15, -0.1) is 0 Å². The Labute approximate surface area is 110 Å². The topological polar surface area (TPSA) is 109 Å². The Hall–Kier alpha value is -2.06. The molecule has 2 aromatic rings. The number of rotatable bonds is 7. The average Bonchev–Trinajstić information content (AvgIpc) is 2.88. The number of methoxy groups -OCH3 is 1. The zero-order valence-corrected chi connectivity index (χ0v) is 10.6. The van der Waals surface area contributed by atoms with Crippen molar-refractivity contribution in [3.63, 3.8) is 0 Å². The van der Waals surface area contributed by atoms with Gasteiger partial charge in [-0.1, -0.05) is 5.16 Å². The number of nitrogen functional groups attached to an aromatic ring is 1. The fourth-order valence-corrected chi connectivity index (χ4v) is 1.37. The van der Waals surface area contributed by atoms with Crippen molar-refractivity contribution in [1.82, 2.24) is 20.1 Å². The Bertz CT molecular complexity index is 517. The smallest absolute Gasteiger partial charge is 0.280 e. The summed E-state index contributed by atoms with van der Waals surface area (Å²) in [6.07, 6.45) is 3.57. The fraction of sp³-hybridized carbons (Fsp3) is 0.455. The van der Waals surface area contributed by atoms with E-state index < -0.39 is 0 Å². The lowest BCUT2D eigenvalue weighted by Crippen LogP contribution is -2.05. The lowest BCUT2D eigenvalue weighted by Gasteiger charge is -2.00. The highest BCUT2D eigenvalue weighted by atomic mass is 16.5. The van der Waals surface area contributed by atoms with Crippen LogP contribution in [0.3, 0.4) is 0 Å². The molecule has 0 aliphatic carbocycles. The maximum absolute atomic E-state index is 5.68. The molecule has 0 aliphatic rings. The molecule has 0 bridgehead atoms. The summed E-state index contributed by atoms with van der Waals surface area (Å²) in [4.78, 5) is 12.1. The Balaban J connectivity index is 1.91. The summed E-state index contributed by atoms with van der Waals surface area (Å²) in [5.74, 6) is 1.06. The van der Waals surface area contributed by atoms with Gasteiger partial charge in [0.05, 0.1) is 19.8 Å². The molecule has 8 heteroatoms. The highest BCUT2D eigenvalue weighted by Gasteiger charge is 2.13. The van der Waals surface area contributed by atoms with E-state index in [1.165, 1.54) is 12.4 Å². The molecule has 2 aromatic heterocycles. The molecule has 0 amide bonds. The van der Waals surface area contributed by atoms with E-state index in [1.807, 2.05) is 0 Å². The molecule has 0 atom stereocenters. The molecule has 0 unspecified atom stereocenters. The first-order valence-electron chi connectivity index (χ1n) is 5.77. The third-order valence-electron chi connectivity index (χ3n) is 2.30. The zero-order chi connectivity index (χ0) is 13.5. The van der Waals surface area contributed by atoms with E-state index in [1.54, 1.807) is 7.11 Å². The SMILES string of the molecule is COCCOCCc1noc(-c2nccnc2N)n1. The highest BCUT2D eigenvalue weighted by Crippen LogP contribution is 2.18. The van der Waals surface area contributed by atoms with Gasteiger partial charge in [-0.2, -0.15) is 4.98 Å². The molecule has 0 saturated carbocycles. The summed E-state index contributed by atoms with van der Waals surface area (Å²) in [6.45, 7) is 1.60. The molecule has 8 nitrogen and oxygen atoms in total. The van der Waals surface area contributed by atoms with Crippen LogP contribution < -0.4 is 5.73 Å². The van der Waals surface area contributed by atoms with E-state index >= 15 is 0 Å². The third kappa shape index (κ3) is 3.70. The minimum absolute atomic E-state index is 0.258. The van der Waals surface area contributed by atoms with Crippen molar-refractivity contribution in [1.29, 1.82) is 0 Å². The second-order valence-corrected chi connectivity index (χ2v) is 3.66. The minimum Gasteiger partial charge on any atom is -0.382 e. The first kappa shape index (κ1) is 13.4.